The first kappa shape index (κ1) is 14.1. The van der Waals surface area contributed by atoms with Crippen LogP contribution in [0.4, 0.5) is 0 Å². The van der Waals surface area contributed by atoms with E-state index in [1.54, 1.807) is 0 Å². The van der Waals surface area contributed by atoms with Crippen LogP contribution in [-0.2, 0) is 19.3 Å². The number of nitrogens with zero attached hydrogens (tertiary/aromatic N) is 4. The first-order valence-corrected chi connectivity index (χ1v) is 8.87. The lowest BCUT2D eigenvalue weighted by Crippen LogP contribution is -2.12. The molecule has 0 unspecified atom stereocenters. The van der Waals surface area contributed by atoms with E-state index >= 15 is 0 Å². The first-order chi connectivity index (χ1) is 10.4. The summed E-state index contributed by atoms with van der Waals surface area (Å²) in [7, 11) is 0. The van der Waals surface area contributed by atoms with Gasteiger partial charge in [-0.3, -0.25) is 4.40 Å². The van der Waals surface area contributed by atoms with Crippen LogP contribution >= 0.6 is 11.3 Å². The molecule has 0 bridgehead atoms. The van der Waals surface area contributed by atoms with Crippen molar-refractivity contribution in [1.82, 2.24) is 19.6 Å². The molecule has 0 aromatic carbocycles. The Morgan fingerprint density at radius 2 is 2.14 bits per heavy atom. The minimum absolute atomic E-state index is 0.196. The molecular formula is C17H22N4S. The van der Waals surface area contributed by atoms with Crippen LogP contribution in [-0.4, -0.2) is 19.6 Å². The minimum Gasteiger partial charge on any atom is -0.269 e. The highest BCUT2D eigenvalue weighted by Gasteiger charge is 2.24. The van der Waals surface area contributed by atoms with Crippen molar-refractivity contribution in [3.8, 4) is 0 Å². The fourth-order valence-corrected chi connectivity index (χ4v) is 4.72. The highest BCUT2D eigenvalue weighted by atomic mass is 32.1. The largest absolute Gasteiger partial charge is 0.269 e. The molecule has 0 spiro atoms. The van der Waals surface area contributed by atoms with Crippen LogP contribution in [0.25, 0.3) is 15.9 Å². The molecule has 0 radical (unpaired) electrons. The Labute approximate surface area is 134 Å². The maximum atomic E-state index is 4.70. The number of aromatic nitrogens is 4. The molecule has 116 valence electrons. The zero-order chi connectivity index (χ0) is 15.5. The van der Waals surface area contributed by atoms with Crippen molar-refractivity contribution in [2.75, 3.05) is 0 Å². The van der Waals surface area contributed by atoms with Crippen LogP contribution in [0.3, 0.4) is 0 Å². The van der Waals surface area contributed by atoms with Crippen LogP contribution < -0.4 is 0 Å². The Morgan fingerprint density at radius 3 is 2.91 bits per heavy atom. The molecule has 3 aromatic rings. The Kier molecular flexibility index (Phi) is 3.05. The SMILES string of the molecule is C[C@@H]1CCc2c(sc3ncn4c(CC(C)(C)C)nnc4c23)C1. The van der Waals surface area contributed by atoms with Gasteiger partial charge in [-0.05, 0) is 36.2 Å². The molecule has 22 heavy (non-hydrogen) atoms. The Bertz CT molecular complexity index is 853. The zero-order valence-electron chi connectivity index (χ0n) is 13.7. The van der Waals surface area contributed by atoms with Crippen molar-refractivity contribution >= 4 is 27.2 Å². The topological polar surface area (TPSA) is 43.1 Å². The van der Waals surface area contributed by atoms with Crippen LogP contribution in [0.5, 0.6) is 0 Å². The summed E-state index contributed by atoms with van der Waals surface area (Å²) in [5.74, 6) is 1.80. The smallest absolute Gasteiger partial charge is 0.172 e. The van der Waals surface area contributed by atoms with E-state index in [1.807, 2.05) is 17.7 Å². The molecule has 0 amide bonds. The fraction of sp³-hybridized carbons (Fsp3) is 0.588. The van der Waals surface area contributed by atoms with Crippen molar-refractivity contribution in [3.63, 3.8) is 0 Å². The van der Waals surface area contributed by atoms with E-state index in [1.165, 1.54) is 28.7 Å². The quantitative estimate of drug-likeness (QED) is 0.680. The normalized spacial score (nSPS) is 19.0. The Balaban J connectivity index is 1.92. The molecule has 3 aromatic heterocycles. The van der Waals surface area contributed by atoms with Gasteiger partial charge < -0.3 is 0 Å². The Hall–Kier alpha value is -1.49. The molecule has 1 aliphatic carbocycles. The van der Waals surface area contributed by atoms with Crippen molar-refractivity contribution in [3.05, 3.63) is 22.6 Å². The van der Waals surface area contributed by atoms with E-state index in [0.29, 0.717) is 0 Å². The van der Waals surface area contributed by atoms with E-state index in [0.717, 1.165) is 35.1 Å². The van der Waals surface area contributed by atoms with Gasteiger partial charge in [-0.1, -0.05) is 27.7 Å². The second-order valence-corrected chi connectivity index (χ2v) is 8.91. The molecule has 0 fully saturated rings. The molecule has 4 nitrogen and oxygen atoms in total. The van der Waals surface area contributed by atoms with Crippen LogP contribution in [0.1, 0.15) is 50.4 Å². The molecule has 1 atom stereocenters. The molecule has 0 saturated carbocycles. The van der Waals surface area contributed by atoms with Gasteiger partial charge in [0.05, 0.1) is 5.39 Å². The monoisotopic (exact) mass is 314 g/mol. The summed E-state index contributed by atoms with van der Waals surface area (Å²) < 4.78 is 2.10. The third-order valence-corrected chi connectivity index (χ3v) is 5.62. The number of thiophene rings is 1. The third-order valence-electron chi connectivity index (χ3n) is 4.46. The standard InChI is InChI=1S/C17H22N4S/c1-10-5-6-11-12(7-10)22-16-14(11)15-20-19-13(8-17(2,3)4)21(15)9-18-16/h9-10H,5-8H2,1-4H3/t10-/m1/s1. The van der Waals surface area contributed by atoms with Crippen molar-refractivity contribution in [2.24, 2.45) is 11.3 Å². The summed E-state index contributed by atoms with van der Waals surface area (Å²) >= 11 is 1.85. The summed E-state index contributed by atoms with van der Waals surface area (Å²) in [5.41, 5.74) is 2.67. The number of hydrogen-bond acceptors (Lipinski definition) is 4. The highest BCUT2D eigenvalue weighted by molar-refractivity contribution is 7.19. The maximum Gasteiger partial charge on any atom is 0.172 e. The van der Waals surface area contributed by atoms with Crippen molar-refractivity contribution < 1.29 is 0 Å². The van der Waals surface area contributed by atoms with E-state index in [-0.39, 0.29) is 5.41 Å². The summed E-state index contributed by atoms with van der Waals surface area (Å²) in [4.78, 5) is 7.34. The second kappa shape index (κ2) is 4.75. The molecule has 3 heterocycles. The predicted molar refractivity (Wildman–Crippen MR) is 90.5 cm³/mol. The first-order valence-electron chi connectivity index (χ1n) is 8.05. The van der Waals surface area contributed by atoms with E-state index in [4.69, 9.17) is 4.98 Å². The minimum atomic E-state index is 0.196. The summed E-state index contributed by atoms with van der Waals surface area (Å²) in [6.07, 6.45) is 6.42. The number of aryl methyl sites for hydroxylation is 1. The summed E-state index contributed by atoms with van der Waals surface area (Å²) in [6, 6.07) is 0. The van der Waals surface area contributed by atoms with Crippen LogP contribution in [0, 0.1) is 11.3 Å². The van der Waals surface area contributed by atoms with Gasteiger partial charge in [0.1, 0.15) is 17.0 Å². The number of hydrogen-bond donors (Lipinski definition) is 0. The molecule has 0 N–H and O–H groups in total. The van der Waals surface area contributed by atoms with Gasteiger partial charge in [0, 0.05) is 11.3 Å². The maximum absolute atomic E-state index is 4.70. The van der Waals surface area contributed by atoms with Gasteiger partial charge in [0.2, 0.25) is 0 Å². The highest BCUT2D eigenvalue weighted by Crippen LogP contribution is 2.38. The third kappa shape index (κ3) is 2.22. The molecule has 5 heteroatoms. The second-order valence-electron chi connectivity index (χ2n) is 7.82. The lowest BCUT2D eigenvalue weighted by atomic mass is 9.89. The lowest BCUT2D eigenvalue weighted by Gasteiger charge is -2.17. The Morgan fingerprint density at radius 1 is 1.32 bits per heavy atom. The van der Waals surface area contributed by atoms with Crippen LogP contribution in [0.2, 0.25) is 0 Å². The summed E-state index contributed by atoms with van der Waals surface area (Å²) in [5, 5.41) is 10.2. The molecule has 1 aliphatic rings. The van der Waals surface area contributed by atoms with E-state index in [9.17, 15) is 0 Å². The molecule has 0 saturated heterocycles. The van der Waals surface area contributed by atoms with E-state index in [2.05, 4.69) is 42.3 Å². The van der Waals surface area contributed by atoms with Gasteiger partial charge in [0.15, 0.2) is 5.65 Å². The molecule has 0 aliphatic heterocycles. The van der Waals surface area contributed by atoms with E-state index < -0.39 is 0 Å². The molecule has 4 rings (SSSR count). The van der Waals surface area contributed by atoms with Gasteiger partial charge >= 0.3 is 0 Å². The van der Waals surface area contributed by atoms with Crippen molar-refractivity contribution in [2.45, 2.75) is 53.4 Å². The average Bonchev–Trinajstić information content (AvgIpc) is 2.97. The van der Waals surface area contributed by atoms with Crippen molar-refractivity contribution in [1.29, 1.82) is 0 Å². The number of rotatable bonds is 1. The van der Waals surface area contributed by atoms with Gasteiger partial charge in [0.25, 0.3) is 0 Å². The fourth-order valence-electron chi connectivity index (χ4n) is 3.38. The average molecular weight is 314 g/mol. The lowest BCUT2D eigenvalue weighted by molar-refractivity contribution is 0.399. The van der Waals surface area contributed by atoms with Crippen LogP contribution in [0.15, 0.2) is 6.33 Å². The van der Waals surface area contributed by atoms with Gasteiger partial charge in [-0.25, -0.2) is 4.98 Å². The zero-order valence-corrected chi connectivity index (χ0v) is 14.5. The van der Waals surface area contributed by atoms with Gasteiger partial charge in [-0.2, -0.15) is 0 Å². The predicted octanol–water partition coefficient (Wildman–Crippen LogP) is 4.05. The molecular weight excluding hydrogens is 292 g/mol. The summed E-state index contributed by atoms with van der Waals surface area (Å²) in [6.45, 7) is 9.03. The van der Waals surface area contributed by atoms with Gasteiger partial charge in [-0.15, -0.1) is 21.5 Å². The number of fused-ring (bicyclic) bond motifs is 5.